The summed E-state index contributed by atoms with van der Waals surface area (Å²) in [7, 11) is 1.58. The molecule has 3 saturated heterocycles. The second-order valence-electron chi connectivity index (χ2n) is 10.3. The first kappa shape index (κ1) is 28.2. The monoisotopic (exact) mass is 541 g/mol. The zero-order valence-corrected chi connectivity index (χ0v) is 23.4. The Morgan fingerprint density at radius 1 is 1.21 bits per heavy atom. The second-order valence-corrected chi connectivity index (χ2v) is 11.9. The molecule has 1 spiro atoms. The van der Waals surface area contributed by atoms with Crippen LogP contribution in [0.3, 0.4) is 0 Å². The summed E-state index contributed by atoms with van der Waals surface area (Å²) in [5, 5.41) is 9.89. The van der Waals surface area contributed by atoms with Crippen LogP contribution >= 0.6 is 11.8 Å². The summed E-state index contributed by atoms with van der Waals surface area (Å²) >= 11 is 1.64. The van der Waals surface area contributed by atoms with Crippen LogP contribution in [0.5, 0.6) is 5.75 Å². The Balaban J connectivity index is 1.77. The van der Waals surface area contributed by atoms with Crippen molar-refractivity contribution in [1.82, 2.24) is 9.80 Å². The summed E-state index contributed by atoms with van der Waals surface area (Å²) in [5.74, 6) is -0.847. The third-order valence-corrected chi connectivity index (χ3v) is 10.3. The lowest BCUT2D eigenvalue weighted by molar-refractivity contribution is -0.144. The Morgan fingerprint density at radius 3 is 2.47 bits per heavy atom. The van der Waals surface area contributed by atoms with Gasteiger partial charge in [-0.15, -0.1) is 24.9 Å². The van der Waals surface area contributed by atoms with E-state index in [0.29, 0.717) is 24.5 Å². The van der Waals surface area contributed by atoms with Gasteiger partial charge in [-0.25, -0.2) is 0 Å². The van der Waals surface area contributed by atoms with Gasteiger partial charge < -0.3 is 24.5 Å². The SMILES string of the molecule is C=CCN(CCC)C(=O)[C@@H]1[C@H]2C(=O)N(CCO)C(C(=O)N(CC=C)c3ccc(OC)cc3)C23S[C@@H]1CC3C. The topological polar surface area (TPSA) is 90.4 Å². The fraction of sp³-hybridized carbons (Fsp3) is 0.552. The number of rotatable bonds is 12. The maximum absolute atomic E-state index is 14.5. The van der Waals surface area contributed by atoms with Gasteiger partial charge in [-0.1, -0.05) is 26.0 Å². The van der Waals surface area contributed by atoms with Crippen LogP contribution in [0.1, 0.15) is 26.7 Å². The van der Waals surface area contributed by atoms with Gasteiger partial charge in [0.2, 0.25) is 11.8 Å². The third kappa shape index (κ3) is 4.43. The van der Waals surface area contributed by atoms with Crippen LogP contribution in [0.25, 0.3) is 0 Å². The van der Waals surface area contributed by atoms with E-state index in [1.54, 1.807) is 53.0 Å². The number of carbonyl (C=O) groups is 3. The van der Waals surface area contributed by atoms with Crippen LogP contribution < -0.4 is 9.64 Å². The van der Waals surface area contributed by atoms with Crippen LogP contribution in [0, 0.1) is 17.8 Å². The van der Waals surface area contributed by atoms with Gasteiger partial charge in [0.05, 0.1) is 30.3 Å². The Bertz CT molecular complexity index is 1080. The first-order valence-electron chi connectivity index (χ1n) is 13.4. The molecule has 3 aliphatic rings. The summed E-state index contributed by atoms with van der Waals surface area (Å²) < 4.78 is 4.54. The number of anilines is 1. The Labute approximate surface area is 229 Å². The van der Waals surface area contributed by atoms with Crippen LogP contribution in [0.4, 0.5) is 5.69 Å². The zero-order valence-electron chi connectivity index (χ0n) is 22.5. The molecule has 8 nitrogen and oxygen atoms in total. The number of methoxy groups -OCH3 is 1. The van der Waals surface area contributed by atoms with Crippen LogP contribution in [-0.2, 0) is 14.4 Å². The highest BCUT2D eigenvalue weighted by Crippen LogP contribution is 2.68. The Kier molecular flexibility index (Phi) is 8.57. The fourth-order valence-electron chi connectivity index (χ4n) is 6.72. The van der Waals surface area contributed by atoms with E-state index in [4.69, 9.17) is 4.74 Å². The van der Waals surface area contributed by atoms with Gasteiger partial charge in [0.15, 0.2) is 0 Å². The number of aliphatic hydroxyl groups excluding tert-OH is 1. The van der Waals surface area contributed by atoms with Crippen molar-refractivity contribution in [2.75, 3.05) is 44.8 Å². The highest BCUT2D eigenvalue weighted by Gasteiger charge is 2.76. The van der Waals surface area contributed by atoms with E-state index in [1.165, 1.54) is 4.90 Å². The van der Waals surface area contributed by atoms with E-state index in [-0.39, 0.29) is 48.6 Å². The molecule has 2 bridgehead atoms. The van der Waals surface area contributed by atoms with E-state index in [9.17, 15) is 19.5 Å². The number of benzene rings is 1. The van der Waals surface area contributed by atoms with Crippen molar-refractivity contribution < 1.29 is 24.2 Å². The first-order chi connectivity index (χ1) is 18.3. The van der Waals surface area contributed by atoms with Crippen molar-refractivity contribution in [3.63, 3.8) is 0 Å². The Hall–Kier alpha value is -2.78. The molecule has 1 aromatic carbocycles. The van der Waals surface area contributed by atoms with E-state index in [1.807, 2.05) is 19.1 Å². The van der Waals surface area contributed by atoms with Gasteiger partial charge in [-0.05, 0) is 43.0 Å². The van der Waals surface area contributed by atoms with Crippen molar-refractivity contribution in [2.45, 2.75) is 42.7 Å². The molecule has 3 aliphatic heterocycles. The summed E-state index contributed by atoms with van der Waals surface area (Å²) in [6.45, 7) is 12.8. The smallest absolute Gasteiger partial charge is 0.251 e. The van der Waals surface area contributed by atoms with Gasteiger partial charge in [0.1, 0.15) is 11.8 Å². The second kappa shape index (κ2) is 11.5. The Morgan fingerprint density at radius 2 is 1.89 bits per heavy atom. The highest BCUT2D eigenvalue weighted by atomic mass is 32.2. The molecule has 0 radical (unpaired) electrons. The van der Waals surface area contributed by atoms with Crippen molar-refractivity contribution in [1.29, 1.82) is 0 Å². The third-order valence-electron chi connectivity index (χ3n) is 8.22. The summed E-state index contributed by atoms with van der Waals surface area (Å²) in [6, 6.07) is 6.42. The van der Waals surface area contributed by atoms with Gasteiger partial charge in [-0.3, -0.25) is 14.4 Å². The number of ether oxygens (including phenoxy) is 1. The zero-order chi connectivity index (χ0) is 27.6. The molecule has 6 atom stereocenters. The molecule has 3 unspecified atom stereocenters. The van der Waals surface area contributed by atoms with E-state index < -0.39 is 22.6 Å². The number of β-amino-alcohol motifs (C(OH)–C–C–N with tert-alkyl or cyclic N) is 1. The maximum atomic E-state index is 14.5. The molecule has 0 aliphatic carbocycles. The molecule has 0 aromatic heterocycles. The van der Waals surface area contributed by atoms with Crippen molar-refractivity contribution in [2.24, 2.45) is 17.8 Å². The molecule has 0 saturated carbocycles. The molecular formula is C29H39N3O5S. The number of aliphatic hydroxyl groups is 1. The van der Waals surface area contributed by atoms with Crippen LogP contribution in [0.15, 0.2) is 49.6 Å². The quantitative estimate of drug-likeness (QED) is 0.409. The van der Waals surface area contributed by atoms with Crippen molar-refractivity contribution >= 4 is 35.2 Å². The van der Waals surface area contributed by atoms with E-state index in [0.717, 1.165) is 12.8 Å². The minimum Gasteiger partial charge on any atom is -0.497 e. The largest absolute Gasteiger partial charge is 0.497 e. The van der Waals surface area contributed by atoms with Gasteiger partial charge in [0, 0.05) is 37.1 Å². The number of carbonyl (C=O) groups excluding carboxylic acids is 3. The average Bonchev–Trinajstić information content (AvgIpc) is 3.50. The molecule has 1 aromatic rings. The number of thioether (sulfide) groups is 1. The minimum absolute atomic E-state index is 0.0314. The van der Waals surface area contributed by atoms with Crippen LogP contribution in [-0.4, -0.2) is 88.6 Å². The number of nitrogens with zero attached hydrogens (tertiary/aromatic N) is 3. The molecule has 3 fully saturated rings. The average molecular weight is 542 g/mol. The molecule has 4 rings (SSSR count). The van der Waals surface area contributed by atoms with Crippen molar-refractivity contribution in [3.8, 4) is 5.75 Å². The summed E-state index contributed by atoms with van der Waals surface area (Å²) in [6.07, 6.45) is 4.95. The number of likely N-dealkylation sites (tertiary alicyclic amines) is 1. The summed E-state index contributed by atoms with van der Waals surface area (Å²) in [5.41, 5.74) is 0.671. The van der Waals surface area contributed by atoms with Gasteiger partial charge in [-0.2, -0.15) is 0 Å². The predicted molar refractivity (Wildman–Crippen MR) is 150 cm³/mol. The lowest BCUT2D eigenvalue weighted by atomic mass is 9.65. The van der Waals surface area contributed by atoms with Gasteiger partial charge in [0.25, 0.3) is 5.91 Å². The highest BCUT2D eigenvalue weighted by molar-refractivity contribution is 8.02. The molecule has 3 amide bonds. The normalized spacial score (nSPS) is 29.2. The minimum atomic E-state index is -0.795. The maximum Gasteiger partial charge on any atom is 0.251 e. The standard InChI is InChI=1S/C29H39N3O5S/c1-6-13-30(14-7-2)26(34)23-22-18-19(4)29(38-22)24(23)27(35)32(16-17-33)25(29)28(36)31(15-8-3)20-9-11-21(37-5)12-10-20/h6,8-12,19,22-25,33H,1,3,7,13-18H2,2,4-5H3/t19?,22-,23+,24+,25?,29?/m1/s1. The molecular weight excluding hydrogens is 502 g/mol. The molecule has 9 heteroatoms. The summed E-state index contributed by atoms with van der Waals surface area (Å²) in [4.78, 5) is 47.4. The van der Waals surface area contributed by atoms with Gasteiger partial charge >= 0.3 is 0 Å². The van der Waals surface area contributed by atoms with E-state index in [2.05, 4.69) is 20.1 Å². The number of hydrogen-bond donors (Lipinski definition) is 1. The van der Waals surface area contributed by atoms with E-state index >= 15 is 0 Å². The molecule has 38 heavy (non-hydrogen) atoms. The number of fused-ring (bicyclic) bond motifs is 1. The number of hydrogen-bond acceptors (Lipinski definition) is 6. The number of amides is 3. The molecule has 1 N–H and O–H groups in total. The van der Waals surface area contributed by atoms with Crippen LogP contribution in [0.2, 0.25) is 0 Å². The predicted octanol–water partition coefficient (Wildman–Crippen LogP) is 2.97. The molecule has 206 valence electrons. The first-order valence-corrected chi connectivity index (χ1v) is 14.2. The fourth-order valence-corrected chi connectivity index (χ4v) is 9.13. The van der Waals surface area contributed by atoms with Crippen molar-refractivity contribution in [3.05, 3.63) is 49.6 Å². The lowest BCUT2D eigenvalue weighted by Crippen LogP contribution is -2.58. The lowest BCUT2D eigenvalue weighted by Gasteiger charge is -2.41. The molecule has 3 heterocycles.